The molecular formula is C6H18ClNSi. The van der Waals surface area contributed by atoms with Crippen LogP contribution in [0.3, 0.4) is 0 Å². The molecule has 0 radical (unpaired) electrons. The van der Waals surface area contributed by atoms with Crippen molar-refractivity contribution in [2.24, 2.45) is 0 Å². The maximum atomic E-state index is 3.52. The van der Waals surface area contributed by atoms with Crippen LogP contribution in [0.25, 0.3) is 0 Å². The van der Waals surface area contributed by atoms with Crippen molar-refractivity contribution in [2.45, 2.75) is 39.4 Å². The largest absolute Gasteiger partial charge is 0.335 e. The lowest BCUT2D eigenvalue weighted by atomic mass is 10.1. The van der Waals surface area contributed by atoms with E-state index in [4.69, 9.17) is 0 Å². The van der Waals surface area contributed by atoms with Crippen molar-refractivity contribution >= 4 is 21.4 Å². The molecule has 0 aromatic carbocycles. The lowest BCUT2D eigenvalue weighted by Gasteiger charge is -2.22. The summed E-state index contributed by atoms with van der Waals surface area (Å²) in [6.45, 7) is 11.2. The van der Waals surface area contributed by atoms with Gasteiger partial charge in [-0.3, -0.25) is 0 Å². The summed E-state index contributed by atoms with van der Waals surface area (Å²) in [4.78, 5) is 3.52. The minimum absolute atomic E-state index is 0. The Bertz CT molecular complexity index is 67.9. The topological polar surface area (TPSA) is 12.0 Å². The van der Waals surface area contributed by atoms with Crippen LogP contribution in [-0.2, 0) is 0 Å². The average molecular weight is 168 g/mol. The Morgan fingerprint density at radius 3 is 1.44 bits per heavy atom. The molecule has 0 aliphatic rings. The van der Waals surface area contributed by atoms with E-state index < -0.39 is 8.96 Å². The maximum Gasteiger partial charge on any atom is 0.103 e. The van der Waals surface area contributed by atoms with Crippen molar-refractivity contribution in [3.8, 4) is 0 Å². The molecular weight excluding hydrogens is 150 g/mol. The van der Waals surface area contributed by atoms with Crippen molar-refractivity contribution in [3.05, 3.63) is 0 Å². The Morgan fingerprint density at radius 2 is 1.44 bits per heavy atom. The van der Waals surface area contributed by atoms with Crippen LogP contribution in [0, 0.1) is 0 Å². The van der Waals surface area contributed by atoms with Crippen molar-refractivity contribution in [1.29, 1.82) is 0 Å². The summed E-state index contributed by atoms with van der Waals surface area (Å²) in [6, 6.07) is 0. The molecule has 0 spiro atoms. The van der Waals surface area contributed by atoms with E-state index >= 15 is 0 Å². The molecule has 0 atom stereocenters. The van der Waals surface area contributed by atoms with E-state index in [0.29, 0.717) is 5.54 Å². The van der Waals surface area contributed by atoms with Crippen molar-refractivity contribution in [2.75, 3.05) is 0 Å². The summed E-state index contributed by atoms with van der Waals surface area (Å²) in [5, 5.41) is 0. The lowest BCUT2D eigenvalue weighted by Crippen LogP contribution is -2.43. The van der Waals surface area contributed by atoms with E-state index in [1.165, 1.54) is 0 Å². The van der Waals surface area contributed by atoms with Crippen LogP contribution >= 0.6 is 12.4 Å². The van der Waals surface area contributed by atoms with Crippen LogP contribution in [0.15, 0.2) is 0 Å². The summed E-state index contributed by atoms with van der Waals surface area (Å²) in [7, 11) is -0.546. The highest BCUT2D eigenvalue weighted by Gasteiger charge is 2.09. The van der Waals surface area contributed by atoms with E-state index in [9.17, 15) is 0 Å². The molecule has 1 N–H and O–H groups in total. The SMILES string of the molecule is C[SiH](C)NC(C)(C)C.Cl. The van der Waals surface area contributed by atoms with Gasteiger partial charge in [-0.2, -0.15) is 0 Å². The zero-order valence-corrected chi connectivity index (χ0v) is 8.96. The molecule has 0 aliphatic heterocycles. The van der Waals surface area contributed by atoms with Gasteiger partial charge in [0, 0.05) is 5.54 Å². The molecule has 0 heterocycles. The van der Waals surface area contributed by atoms with Crippen molar-refractivity contribution in [1.82, 2.24) is 4.98 Å². The monoisotopic (exact) mass is 167 g/mol. The smallest absolute Gasteiger partial charge is 0.103 e. The molecule has 0 bridgehead atoms. The molecule has 9 heavy (non-hydrogen) atoms. The first kappa shape index (κ1) is 12.2. The van der Waals surface area contributed by atoms with Crippen molar-refractivity contribution < 1.29 is 0 Å². The first-order chi connectivity index (χ1) is 3.42. The predicted octanol–water partition coefficient (Wildman–Crippen LogP) is 1.78. The van der Waals surface area contributed by atoms with Crippen LogP contribution in [0.2, 0.25) is 13.1 Å². The summed E-state index contributed by atoms with van der Waals surface area (Å²) in [5.74, 6) is 0. The van der Waals surface area contributed by atoms with Crippen LogP contribution in [0.5, 0.6) is 0 Å². The highest BCUT2D eigenvalue weighted by Crippen LogP contribution is 1.98. The van der Waals surface area contributed by atoms with Gasteiger partial charge in [0.25, 0.3) is 0 Å². The molecule has 1 nitrogen and oxygen atoms in total. The number of hydrogen-bond donors (Lipinski definition) is 1. The second-order valence-electron chi connectivity index (χ2n) is 3.55. The van der Waals surface area contributed by atoms with E-state index in [-0.39, 0.29) is 12.4 Å². The van der Waals surface area contributed by atoms with Crippen LogP contribution in [0.1, 0.15) is 20.8 Å². The summed E-state index contributed by atoms with van der Waals surface area (Å²) >= 11 is 0. The van der Waals surface area contributed by atoms with Crippen LogP contribution in [-0.4, -0.2) is 14.5 Å². The second kappa shape index (κ2) is 4.31. The molecule has 0 fully saturated rings. The Balaban J connectivity index is 0. The maximum absolute atomic E-state index is 3.52. The fourth-order valence-corrected chi connectivity index (χ4v) is 2.60. The van der Waals surface area contributed by atoms with Gasteiger partial charge in [-0.25, -0.2) is 0 Å². The summed E-state index contributed by atoms with van der Waals surface area (Å²) < 4.78 is 0. The number of rotatable bonds is 1. The molecule has 0 aromatic heterocycles. The minimum Gasteiger partial charge on any atom is -0.335 e. The normalized spacial score (nSPS) is 11.3. The quantitative estimate of drug-likeness (QED) is 0.588. The Labute approximate surface area is 66.3 Å². The molecule has 0 aliphatic carbocycles. The third-order valence-corrected chi connectivity index (χ3v) is 2.17. The van der Waals surface area contributed by atoms with Gasteiger partial charge in [0.2, 0.25) is 0 Å². The Hall–Kier alpha value is 0.467. The Morgan fingerprint density at radius 1 is 1.11 bits per heavy atom. The number of halogens is 1. The third-order valence-electron chi connectivity index (χ3n) is 0.722. The number of hydrogen-bond acceptors (Lipinski definition) is 1. The van der Waals surface area contributed by atoms with Crippen LogP contribution < -0.4 is 4.98 Å². The minimum atomic E-state index is -0.546. The standard InChI is InChI=1S/C6H17NSi.ClH/c1-6(2,3)7-8(4)5;/h7-8H,1-5H3;1H. The average Bonchev–Trinajstić information content (AvgIpc) is 1.21. The predicted molar refractivity (Wildman–Crippen MR) is 49.0 cm³/mol. The third kappa shape index (κ3) is 11.8. The van der Waals surface area contributed by atoms with Gasteiger partial charge in [0.05, 0.1) is 0 Å². The summed E-state index contributed by atoms with van der Waals surface area (Å²) in [5.41, 5.74) is 0.334. The van der Waals surface area contributed by atoms with Gasteiger partial charge < -0.3 is 4.98 Å². The van der Waals surface area contributed by atoms with E-state index in [1.807, 2.05) is 0 Å². The van der Waals surface area contributed by atoms with Gasteiger partial charge in [-0.1, -0.05) is 13.1 Å². The lowest BCUT2D eigenvalue weighted by molar-refractivity contribution is 0.519. The van der Waals surface area contributed by atoms with E-state index in [1.54, 1.807) is 0 Å². The van der Waals surface area contributed by atoms with Gasteiger partial charge in [-0.05, 0) is 20.8 Å². The zero-order chi connectivity index (χ0) is 6.78. The fraction of sp³-hybridized carbons (Fsp3) is 1.00. The second-order valence-corrected chi connectivity index (χ2v) is 6.15. The Kier molecular flexibility index (Phi) is 5.83. The fourth-order valence-electron chi connectivity index (χ4n) is 0.866. The molecule has 0 saturated heterocycles. The molecule has 3 heteroatoms. The van der Waals surface area contributed by atoms with E-state index in [2.05, 4.69) is 38.8 Å². The molecule has 0 unspecified atom stereocenters. The summed E-state index contributed by atoms with van der Waals surface area (Å²) in [6.07, 6.45) is 0. The van der Waals surface area contributed by atoms with Crippen LogP contribution in [0.4, 0.5) is 0 Å². The van der Waals surface area contributed by atoms with Gasteiger partial charge in [-0.15, -0.1) is 12.4 Å². The first-order valence-electron chi connectivity index (χ1n) is 3.19. The zero-order valence-electron chi connectivity index (χ0n) is 6.99. The molecule has 0 rings (SSSR count). The number of nitrogens with one attached hydrogen (secondary N) is 1. The van der Waals surface area contributed by atoms with Gasteiger partial charge >= 0.3 is 0 Å². The van der Waals surface area contributed by atoms with E-state index in [0.717, 1.165) is 0 Å². The van der Waals surface area contributed by atoms with Crippen molar-refractivity contribution in [3.63, 3.8) is 0 Å². The molecule has 0 saturated carbocycles. The highest BCUT2D eigenvalue weighted by atomic mass is 35.5. The molecule has 0 aromatic rings. The molecule has 58 valence electrons. The van der Waals surface area contributed by atoms with Gasteiger partial charge in [0.15, 0.2) is 0 Å². The highest BCUT2D eigenvalue weighted by molar-refractivity contribution is 6.53. The van der Waals surface area contributed by atoms with Gasteiger partial charge in [0.1, 0.15) is 8.96 Å². The molecule has 0 amide bonds. The first-order valence-corrected chi connectivity index (χ1v) is 6.08.